The highest BCUT2D eigenvalue weighted by molar-refractivity contribution is 6.04. The summed E-state index contributed by atoms with van der Waals surface area (Å²) in [7, 11) is 0. The molecule has 146 valence electrons. The molecule has 0 aromatic heterocycles. The first-order chi connectivity index (χ1) is 14.0. The molecular formula is C25H23NO3. The molecule has 1 aliphatic rings. The number of hydrogen-bond donors (Lipinski definition) is 1. The van der Waals surface area contributed by atoms with Crippen LogP contribution in [-0.2, 0) is 4.79 Å². The summed E-state index contributed by atoms with van der Waals surface area (Å²) in [5, 5.41) is 2.93. The van der Waals surface area contributed by atoms with Crippen LogP contribution in [0.25, 0.3) is 11.1 Å². The average molecular weight is 385 g/mol. The normalized spacial score (nSPS) is 15.1. The van der Waals surface area contributed by atoms with Gasteiger partial charge in [0, 0.05) is 17.7 Å². The van der Waals surface area contributed by atoms with E-state index in [1.165, 1.54) is 0 Å². The molecule has 29 heavy (non-hydrogen) atoms. The Morgan fingerprint density at radius 3 is 2.55 bits per heavy atom. The molecule has 4 heteroatoms. The molecule has 0 radical (unpaired) electrons. The minimum absolute atomic E-state index is 0.0843. The molecule has 4 rings (SSSR count). The van der Waals surface area contributed by atoms with Crippen molar-refractivity contribution < 1.29 is 14.3 Å². The Morgan fingerprint density at radius 1 is 1.03 bits per heavy atom. The zero-order chi connectivity index (χ0) is 20.4. The van der Waals surface area contributed by atoms with Crippen LogP contribution in [0.2, 0.25) is 0 Å². The van der Waals surface area contributed by atoms with Gasteiger partial charge in [-0.05, 0) is 41.7 Å². The van der Waals surface area contributed by atoms with Crippen molar-refractivity contribution in [3.05, 3.63) is 83.4 Å². The number of Topliss-reactive ketones (excluding diaryl/α,β-unsaturated/α-hetero) is 1. The number of rotatable bonds is 5. The summed E-state index contributed by atoms with van der Waals surface area (Å²) in [6.45, 7) is 3.90. The first-order valence-electron chi connectivity index (χ1n) is 9.78. The summed E-state index contributed by atoms with van der Waals surface area (Å²) in [6, 6.07) is 21.3. The van der Waals surface area contributed by atoms with Gasteiger partial charge in [-0.15, -0.1) is 0 Å². The average Bonchev–Trinajstić information content (AvgIpc) is 3.04. The second kappa shape index (κ2) is 7.92. The van der Waals surface area contributed by atoms with Crippen molar-refractivity contribution in [1.82, 2.24) is 0 Å². The van der Waals surface area contributed by atoms with Crippen LogP contribution >= 0.6 is 0 Å². The van der Waals surface area contributed by atoms with E-state index in [0.29, 0.717) is 17.7 Å². The molecule has 0 aliphatic heterocycles. The molecular weight excluding hydrogens is 362 g/mol. The number of nitrogens with one attached hydrogen (secondary N) is 1. The molecule has 0 unspecified atom stereocenters. The molecule has 0 fully saturated rings. The maximum absolute atomic E-state index is 12.6. The lowest BCUT2D eigenvalue weighted by Gasteiger charge is -2.14. The van der Waals surface area contributed by atoms with Crippen LogP contribution < -0.4 is 10.1 Å². The lowest BCUT2D eigenvalue weighted by atomic mass is 9.97. The Balaban J connectivity index is 1.50. The van der Waals surface area contributed by atoms with E-state index in [9.17, 15) is 9.59 Å². The molecule has 1 N–H and O–H groups in total. The van der Waals surface area contributed by atoms with Crippen molar-refractivity contribution in [2.75, 3.05) is 11.9 Å². The third-order valence-corrected chi connectivity index (χ3v) is 5.33. The summed E-state index contributed by atoms with van der Waals surface area (Å²) >= 11 is 0. The van der Waals surface area contributed by atoms with Crippen LogP contribution in [0.15, 0.2) is 66.7 Å². The van der Waals surface area contributed by atoms with Crippen molar-refractivity contribution in [2.24, 2.45) is 0 Å². The standard InChI is InChI=1S/C25H23NO3/c1-16-12-13-22(25-21(27)14-17(2)24(16)25)29-15-23(28)26-20-11-7-6-10-19(20)18-8-4-3-5-9-18/h3-13,17H,14-15H2,1-2H3,(H,26,28)/t17-/m0/s1. The van der Waals surface area contributed by atoms with Crippen molar-refractivity contribution in [3.63, 3.8) is 0 Å². The molecule has 1 atom stereocenters. The molecule has 0 bridgehead atoms. The SMILES string of the molecule is Cc1ccc(OCC(=O)Nc2ccccc2-c2ccccc2)c2c1[C@@H](C)CC2=O. The zero-order valence-corrected chi connectivity index (χ0v) is 16.6. The molecule has 3 aromatic carbocycles. The highest BCUT2D eigenvalue weighted by Gasteiger charge is 2.31. The van der Waals surface area contributed by atoms with E-state index in [1.54, 1.807) is 6.07 Å². The van der Waals surface area contributed by atoms with Gasteiger partial charge in [-0.1, -0.05) is 61.5 Å². The van der Waals surface area contributed by atoms with Crippen molar-refractivity contribution in [1.29, 1.82) is 0 Å². The van der Waals surface area contributed by atoms with Gasteiger partial charge >= 0.3 is 0 Å². The van der Waals surface area contributed by atoms with Crippen LogP contribution in [-0.4, -0.2) is 18.3 Å². The molecule has 4 nitrogen and oxygen atoms in total. The molecule has 0 heterocycles. The van der Waals surface area contributed by atoms with Crippen molar-refractivity contribution in [3.8, 4) is 16.9 Å². The van der Waals surface area contributed by atoms with Crippen LogP contribution in [0, 0.1) is 6.92 Å². The highest BCUT2D eigenvalue weighted by Crippen LogP contribution is 2.40. The molecule has 1 aliphatic carbocycles. The number of carbonyl (C=O) groups is 2. The fourth-order valence-corrected chi connectivity index (χ4v) is 4.02. The van der Waals surface area contributed by atoms with E-state index in [-0.39, 0.29) is 24.2 Å². The van der Waals surface area contributed by atoms with Crippen molar-refractivity contribution >= 4 is 17.4 Å². The zero-order valence-electron chi connectivity index (χ0n) is 16.6. The third-order valence-electron chi connectivity index (χ3n) is 5.33. The summed E-state index contributed by atoms with van der Waals surface area (Å²) in [6.07, 6.45) is 0.493. The van der Waals surface area contributed by atoms with Crippen LogP contribution in [0.3, 0.4) is 0 Å². The predicted molar refractivity (Wildman–Crippen MR) is 115 cm³/mol. The molecule has 3 aromatic rings. The van der Waals surface area contributed by atoms with Gasteiger partial charge < -0.3 is 10.1 Å². The summed E-state index contributed by atoms with van der Waals surface area (Å²) in [5.74, 6) is 0.501. The topological polar surface area (TPSA) is 55.4 Å². The maximum Gasteiger partial charge on any atom is 0.262 e. The maximum atomic E-state index is 12.6. The fourth-order valence-electron chi connectivity index (χ4n) is 4.02. The van der Waals surface area contributed by atoms with E-state index in [0.717, 1.165) is 27.9 Å². The monoisotopic (exact) mass is 385 g/mol. The lowest BCUT2D eigenvalue weighted by Crippen LogP contribution is -2.21. The van der Waals surface area contributed by atoms with Gasteiger partial charge in [0.2, 0.25) is 0 Å². The van der Waals surface area contributed by atoms with E-state index >= 15 is 0 Å². The Labute approximate surface area is 170 Å². The number of para-hydroxylation sites is 1. The Hall–Kier alpha value is -3.40. The quantitative estimate of drug-likeness (QED) is 0.642. The van der Waals surface area contributed by atoms with E-state index in [2.05, 4.69) is 5.32 Å². The lowest BCUT2D eigenvalue weighted by molar-refractivity contribution is -0.118. The number of anilines is 1. The van der Waals surface area contributed by atoms with Gasteiger partial charge in [0.15, 0.2) is 12.4 Å². The smallest absolute Gasteiger partial charge is 0.262 e. The van der Waals surface area contributed by atoms with Crippen molar-refractivity contribution in [2.45, 2.75) is 26.2 Å². The summed E-state index contributed by atoms with van der Waals surface area (Å²) < 4.78 is 5.77. The number of carbonyl (C=O) groups excluding carboxylic acids is 2. The van der Waals surface area contributed by atoms with Crippen LogP contribution in [0.4, 0.5) is 5.69 Å². The molecule has 0 spiro atoms. The Bertz CT molecular complexity index is 1070. The minimum atomic E-state index is -0.263. The van der Waals surface area contributed by atoms with E-state index in [1.807, 2.05) is 74.5 Å². The molecule has 0 saturated heterocycles. The number of benzene rings is 3. The first kappa shape index (κ1) is 18.9. The number of hydrogen-bond acceptors (Lipinski definition) is 3. The molecule has 1 amide bonds. The first-order valence-corrected chi connectivity index (χ1v) is 9.78. The fraction of sp³-hybridized carbons (Fsp3) is 0.200. The van der Waals surface area contributed by atoms with Crippen LogP contribution in [0.5, 0.6) is 5.75 Å². The Morgan fingerprint density at radius 2 is 1.76 bits per heavy atom. The predicted octanol–water partition coefficient (Wildman–Crippen LogP) is 5.37. The summed E-state index contributed by atoms with van der Waals surface area (Å²) in [5.41, 5.74) is 5.47. The van der Waals surface area contributed by atoms with Crippen LogP contribution in [0.1, 0.15) is 40.7 Å². The van der Waals surface area contributed by atoms with Gasteiger partial charge in [-0.25, -0.2) is 0 Å². The van der Waals surface area contributed by atoms with Gasteiger partial charge in [-0.3, -0.25) is 9.59 Å². The molecule has 0 saturated carbocycles. The second-order valence-corrected chi connectivity index (χ2v) is 7.45. The number of amides is 1. The van der Waals surface area contributed by atoms with Gasteiger partial charge in [0.1, 0.15) is 5.75 Å². The van der Waals surface area contributed by atoms with Gasteiger partial charge in [0.25, 0.3) is 5.91 Å². The largest absolute Gasteiger partial charge is 0.483 e. The Kier molecular flexibility index (Phi) is 5.17. The van der Waals surface area contributed by atoms with Gasteiger partial charge in [0.05, 0.1) is 5.56 Å². The summed E-state index contributed by atoms with van der Waals surface area (Å²) in [4.78, 5) is 25.0. The van der Waals surface area contributed by atoms with E-state index < -0.39 is 0 Å². The van der Waals surface area contributed by atoms with Gasteiger partial charge in [-0.2, -0.15) is 0 Å². The number of ether oxygens (including phenoxy) is 1. The third kappa shape index (κ3) is 3.79. The second-order valence-electron chi connectivity index (χ2n) is 7.45. The van der Waals surface area contributed by atoms with E-state index in [4.69, 9.17) is 4.74 Å². The number of ketones is 1. The number of aryl methyl sites for hydroxylation is 1. The highest BCUT2D eigenvalue weighted by atomic mass is 16.5. The minimum Gasteiger partial charge on any atom is -0.483 e. The number of fused-ring (bicyclic) bond motifs is 1.